The average Bonchev–Trinajstić information content (AvgIpc) is 2.49. The predicted molar refractivity (Wildman–Crippen MR) is 88.8 cm³/mol. The van der Waals surface area contributed by atoms with E-state index >= 15 is 0 Å². The van der Waals surface area contributed by atoms with Gasteiger partial charge in [-0.2, -0.15) is 0 Å². The first-order valence-corrected chi connectivity index (χ1v) is 8.86. The van der Waals surface area contributed by atoms with E-state index in [0.717, 1.165) is 29.1 Å². The van der Waals surface area contributed by atoms with Crippen LogP contribution in [0.1, 0.15) is 31.2 Å². The topological polar surface area (TPSA) is 24.4 Å². The maximum Gasteiger partial charge on any atom is 0.156 e. The molecule has 1 saturated carbocycles. The highest BCUT2D eigenvalue weighted by Crippen LogP contribution is 2.31. The summed E-state index contributed by atoms with van der Waals surface area (Å²) in [4.78, 5) is 4.73. The predicted octanol–water partition coefficient (Wildman–Crippen LogP) is 4.13. The Hall–Kier alpha value is -0.670. The van der Waals surface area contributed by atoms with E-state index in [2.05, 4.69) is 17.4 Å². The molecule has 1 aromatic rings. The molecule has 2 aliphatic rings. The van der Waals surface area contributed by atoms with Crippen LogP contribution in [-0.4, -0.2) is 23.5 Å². The van der Waals surface area contributed by atoms with Crippen LogP contribution in [0.4, 0.5) is 0 Å². The second-order valence-electron chi connectivity index (χ2n) is 5.67. The number of nitrogens with one attached hydrogen (secondary N) is 1. The molecule has 1 aliphatic heterocycles. The van der Waals surface area contributed by atoms with Crippen molar-refractivity contribution in [1.29, 1.82) is 0 Å². The van der Waals surface area contributed by atoms with Gasteiger partial charge < -0.3 is 5.32 Å². The number of aliphatic imine (C=N–C) groups is 1. The van der Waals surface area contributed by atoms with Crippen molar-refractivity contribution in [1.82, 2.24) is 5.32 Å². The van der Waals surface area contributed by atoms with Gasteiger partial charge in [0.2, 0.25) is 0 Å². The van der Waals surface area contributed by atoms with E-state index in [9.17, 15) is 0 Å². The largest absolute Gasteiger partial charge is 0.362 e. The highest BCUT2D eigenvalue weighted by atomic mass is 35.5. The Bertz CT molecular complexity index is 472. The summed E-state index contributed by atoms with van der Waals surface area (Å²) in [5.74, 6) is 2.11. The molecule has 108 valence electrons. The van der Waals surface area contributed by atoms with Crippen molar-refractivity contribution < 1.29 is 0 Å². The maximum absolute atomic E-state index is 5.89. The smallest absolute Gasteiger partial charge is 0.156 e. The highest BCUT2D eigenvalue weighted by molar-refractivity contribution is 8.13. The minimum Gasteiger partial charge on any atom is -0.362 e. The molecule has 2 unspecified atom stereocenters. The molecule has 0 spiro atoms. The van der Waals surface area contributed by atoms with Crippen molar-refractivity contribution >= 4 is 28.5 Å². The fraction of sp³-hybridized carbons (Fsp3) is 0.562. The Morgan fingerprint density at radius 3 is 2.85 bits per heavy atom. The van der Waals surface area contributed by atoms with Crippen molar-refractivity contribution in [2.75, 3.05) is 12.3 Å². The van der Waals surface area contributed by atoms with Crippen molar-refractivity contribution in [3.05, 3.63) is 34.9 Å². The zero-order valence-corrected chi connectivity index (χ0v) is 13.2. The van der Waals surface area contributed by atoms with Crippen LogP contribution in [-0.2, 0) is 6.42 Å². The van der Waals surface area contributed by atoms with Gasteiger partial charge in [0, 0.05) is 23.4 Å². The van der Waals surface area contributed by atoms with Crippen LogP contribution in [0.15, 0.2) is 29.3 Å². The van der Waals surface area contributed by atoms with Crippen LogP contribution >= 0.6 is 23.4 Å². The first-order chi connectivity index (χ1) is 9.81. The maximum atomic E-state index is 5.89. The van der Waals surface area contributed by atoms with E-state index in [1.165, 1.54) is 37.0 Å². The van der Waals surface area contributed by atoms with Gasteiger partial charge in [-0.05, 0) is 42.9 Å². The Balaban J connectivity index is 1.50. The monoisotopic (exact) mass is 308 g/mol. The van der Waals surface area contributed by atoms with E-state index < -0.39 is 0 Å². The van der Waals surface area contributed by atoms with E-state index in [0.29, 0.717) is 6.04 Å². The van der Waals surface area contributed by atoms with Gasteiger partial charge in [0.1, 0.15) is 0 Å². The quantitative estimate of drug-likeness (QED) is 0.908. The van der Waals surface area contributed by atoms with Crippen LogP contribution in [0.2, 0.25) is 5.02 Å². The van der Waals surface area contributed by atoms with Crippen LogP contribution in [0.25, 0.3) is 0 Å². The number of rotatable bonds is 3. The van der Waals surface area contributed by atoms with E-state index in [1.807, 2.05) is 23.9 Å². The van der Waals surface area contributed by atoms with Gasteiger partial charge in [-0.3, -0.25) is 4.99 Å². The standard InChI is InChI=1S/C16H21ClN2S/c17-14-7-5-12(6-8-14)9-10-18-16-19-15-4-2-1-3-13(15)11-20-16/h5-8,13,15H,1-4,9-11H2,(H,18,19). The molecule has 1 heterocycles. The Morgan fingerprint density at radius 2 is 2.00 bits per heavy atom. The lowest BCUT2D eigenvalue weighted by Gasteiger charge is -2.36. The third-order valence-corrected chi connectivity index (χ3v) is 5.59. The number of hydrogen-bond donors (Lipinski definition) is 1. The molecular formula is C16H21ClN2S. The molecule has 0 aromatic heterocycles. The van der Waals surface area contributed by atoms with Crippen molar-refractivity contribution in [3.8, 4) is 0 Å². The fourth-order valence-corrected chi connectivity index (χ4v) is 4.33. The molecule has 2 atom stereocenters. The molecule has 20 heavy (non-hydrogen) atoms. The van der Waals surface area contributed by atoms with Crippen molar-refractivity contribution in [3.63, 3.8) is 0 Å². The molecule has 0 amide bonds. The summed E-state index contributed by atoms with van der Waals surface area (Å²) in [5, 5.41) is 5.60. The molecule has 4 heteroatoms. The van der Waals surface area contributed by atoms with Crippen LogP contribution < -0.4 is 5.32 Å². The van der Waals surface area contributed by atoms with Crippen LogP contribution in [0.5, 0.6) is 0 Å². The molecule has 1 N–H and O–H groups in total. The average molecular weight is 309 g/mol. The van der Waals surface area contributed by atoms with Gasteiger partial charge in [0.15, 0.2) is 5.17 Å². The molecule has 2 nitrogen and oxygen atoms in total. The first-order valence-electron chi connectivity index (χ1n) is 7.49. The molecule has 0 radical (unpaired) electrons. The Morgan fingerprint density at radius 1 is 1.20 bits per heavy atom. The lowest BCUT2D eigenvalue weighted by molar-refractivity contribution is 0.311. The number of nitrogens with zero attached hydrogens (tertiary/aromatic N) is 1. The van der Waals surface area contributed by atoms with Gasteiger partial charge in [0.25, 0.3) is 0 Å². The third kappa shape index (κ3) is 3.70. The van der Waals surface area contributed by atoms with Crippen molar-refractivity contribution in [2.24, 2.45) is 10.9 Å². The molecule has 2 fully saturated rings. The number of halogens is 1. The summed E-state index contributed by atoms with van der Waals surface area (Å²) >= 11 is 7.80. The Labute approximate surface area is 130 Å². The minimum atomic E-state index is 0.680. The second kappa shape index (κ2) is 6.86. The van der Waals surface area contributed by atoms with Gasteiger partial charge >= 0.3 is 0 Å². The number of hydrogen-bond acceptors (Lipinski definition) is 2. The lowest BCUT2D eigenvalue weighted by Crippen LogP contribution is -2.46. The fourth-order valence-electron chi connectivity index (χ4n) is 3.01. The van der Waals surface area contributed by atoms with Gasteiger partial charge in [-0.15, -0.1) is 0 Å². The lowest BCUT2D eigenvalue weighted by atomic mass is 9.86. The highest BCUT2D eigenvalue weighted by Gasteiger charge is 2.29. The summed E-state index contributed by atoms with van der Waals surface area (Å²) in [6.07, 6.45) is 6.48. The number of benzene rings is 1. The summed E-state index contributed by atoms with van der Waals surface area (Å²) in [6.45, 7) is 0.856. The van der Waals surface area contributed by atoms with Gasteiger partial charge in [0.05, 0.1) is 0 Å². The summed E-state index contributed by atoms with van der Waals surface area (Å²) in [7, 11) is 0. The molecule has 3 rings (SSSR count). The zero-order valence-electron chi connectivity index (χ0n) is 11.6. The Kier molecular flexibility index (Phi) is 4.90. The molecular weight excluding hydrogens is 288 g/mol. The van der Waals surface area contributed by atoms with Crippen LogP contribution in [0.3, 0.4) is 0 Å². The SMILES string of the molecule is Clc1ccc(CCN=C2NC3CCCCC3CS2)cc1. The van der Waals surface area contributed by atoms with E-state index in [-0.39, 0.29) is 0 Å². The van der Waals surface area contributed by atoms with Gasteiger partial charge in [-0.1, -0.05) is 48.3 Å². The van der Waals surface area contributed by atoms with Crippen LogP contribution in [0, 0.1) is 5.92 Å². The van der Waals surface area contributed by atoms with Gasteiger partial charge in [-0.25, -0.2) is 0 Å². The number of amidine groups is 1. The first kappa shape index (κ1) is 14.3. The zero-order chi connectivity index (χ0) is 13.8. The second-order valence-corrected chi connectivity index (χ2v) is 7.11. The molecule has 1 aliphatic carbocycles. The summed E-state index contributed by atoms with van der Waals surface area (Å²) in [6, 6.07) is 8.75. The number of thioether (sulfide) groups is 1. The molecule has 0 bridgehead atoms. The minimum absolute atomic E-state index is 0.680. The number of fused-ring (bicyclic) bond motifs is 1. The summed E-state index contributed by atoms with van der Waals surface area (Å²) < 4.78 is 0. The summed E-state index contributed by atoms with van der Waals surface area (Å²) in [5.41, 5.74) is 1.30. The third-order valence-electron chi connectivity index (χ3n) is 4.22. The van der Waals surface area contributed by atoms with E-state index in [1.54, 1.807) is 0 Å². The van der Waals surface area contributed by atoms with Crippen molar-refractivity contribution in [2.45, 2.75) is 38.1 Å². The molecule has 1 saturated heterocycles. The normalized spacial score (nSPS) is 27.9. The molecule has 1 aromatic carbocycles. The van der Waals surface area contributed by atoms with E-state index in [4.69, 9.17) is 16.6 Å².